The molecular formula is C12H14FNO4. The fourth-order valence-electron chi connectivity index (χ4n) is 1.37. The Balaban J connectivity index is 2.48. The van der Waals surface area contributed by atoms with E-state index in [4.69, 9.17) is 9.84 Å². The molecule has 0 unspecified atom stereocenters. The minimum absolute atomic E-state index is 0.0382. The molecule has 0 bridgehead atoms. The Bertz CT molecular complexity index is 448. The summed E-state index contributed by atoms with van der Waals surface area (Å²) in [7, 11) is 1.44. The number of carboxylic acid groups (broad SMARTS) is 1. The van der Waals surface area contributed by atoms with Gasteiger partial charge in [0.15, 0.2) is 0 Å². The fraction of sp³-hybridized carbons (Fsp3) is 0.333. The van der Waals surface area contributed by atoms with Crippen LogP contribution >= 0.6 is 0 Å². The number of rotatable bonds is 6. The summed E-state index contributed by atoms with van der Waals surface area (Å²) in [5, 5.41) is 10.6. The van der Waals surface area contributed by atoms with Crippen molar-refractivity contribution < 1.29 is 23.8 Å². The molecule has 0 atom stereocenters. The molecular weight excluding hydrogens is 241 g/mol. The lowest BCUT2D eigenvalue weighted by molar-refractivity contribution is -0.137. The number of benzene rings is 1. The van der Waals surface area contributed by atoms with Gasteiger partial charge in [-0.3, -0.25) is 9.59 Å². The Morgan fingerprint density at radius 3 is 2.72 bits per heavy atom. The first kappa shape index (κ1) is 14.0. The summed E-state index contributed by atoms with van der Waals surface area (Å²) in [6.45, 7) is -0.427. The van der Waals surface area contributed by atoms with Gasteiger partial charge in [-0.25, -0.2) is 4.39 Å². The molecule has 0 aromatic heterocycles. The maximum absolute atomic E-state index is 13.5. The highest BCUT2D eigenvalue weighted by atomic mass is 19.1. The van der Waals surface area contributed by atoms with E-state index in [0.717, 1.165) is 0 Å². The zero-order chi connectivity index (χ0) is 13.5. The van der Waals surface area contributed by atoms with E-state index in [-0.39, 0.29) is 12.8 Å². The van der Waals surface area contributed by atoms with Crippen molar-refractivity contribution in [3.8, 4) is 5.75 Å². The van der Waals surface area contributed by atoms with E-state index in [1.165, 1.54) is 13.2 Å². The van der Waals surface area contributed by atoms with Crippen LogP contribution in [0.5, 0.6) is 5.75 Å². The smallest absolute Gasteiger partial charge is 0.322 e. The number of amides is 1. The van der Waals surface area contributed by atoms with Crippen molar-refractivity contribution in [1.29, 1.82) is 0 Å². The second-order valence-corrected chi connectivity index (χ2v) is 3.63. The Kier molecular flexibility index (Phi) is 5.10. The maximum Gasteiger partial charge on any atom is 0.322 e. The Morgan fingerprint density at radius 1 is 1.44 bits per heavy atom. The molecule has 98 valence electrons. The average Bonchev–Trinajstić information content (AvgIpc) is 2.34. The van der Waals surface area contributed by atoms with Crippen molar-refractivity contribution >= 4 is 11.9 Å². The van der Waals surface area contributed by atoms with Crippen LogP contribution < -0.4 is 10.1 Å². The predicted molar refractivity (Wildman–Crippen MR) is 61.9 cm³/mol. The van der Waals surface area contributed by atoms with E-state index in [0.29, 0.717) is 11.3 Å². The lowest BCUT2D eigenvalue weighted by atomic mass is 10.1. The average molecular weight is 255 g/mol. The summed E-state index contributed by atoms with van der Waals surface area (Å²) < 4.78 is 18.4. The van der Waals surface area contributed by atoms with Crippen molar-refractivity contribution in [2.45, 2.75) is 12.8 Å². The van der Waals surface area contributed by atoms with Crippen molar-refractivity contribution in [3.63, 3.8) is 0 Å². The molecule has 0 radical (unpaired) electrons. The first-order valence-corrected chi connectivity index (χ1v) is 5.34. The van der Waals surface area contributed by atoms with Crippen LogP contribution in [-0.2, 0) is 16.0 Å². The van der Waals surface area contributed by atoms with Crippen molar-refractivity contribution in [3.05, 3.63) is 29.6 Å². The minimum atomic E-state index is -1.11. The summed E-state index contributed by atoms with van der Waals surface area (Å²) in [6.07, 6.45) is 0.248. The molecule has 0 saturated carbocycles. The highest BCUT2D eigenvalue weighted by Crippen LogP contribution is 2.17. The van der Waals surface area contributed by atoms with Gasteiger partial charge in [0, 0.05) is 12.5 Å². The number of ether oxygens (including phenoxy) is 1. The summed E-state index contributed by atoms with van der Waals surface area (Å²) in [5.41, 5.74) is 0.390. The minimum Gasteiger partial charge on any atom is -0.497 e. The van der Waals surface area contributed by atoms with Crippen LogP contribution in [0.15, 0.2) is 18.2 Å². The highest BCUT2D eigenvalue weighted by molar-refractivity contribution is 5.81. The third-order valence-electron chi connectivity index (χ3n) is 2.32. The SMILES string of the molecule is COc1ccc(CCC(=O)NCC(=O)O)c(F)c1. The number of hydrogen-bond donors (Lipinski definition) is 2. The summed E-state index contributed by atoms with van der Waals surface area (Å²) in [6, 6.07) is 4.39. The molecule has 18 heavy (non-hydrogen) atoms. The van der Waals surface area contributed by atoms with E-state index in [2.05, 4.69) is 5.32 Å². The summed E-state index contributed by atoms with van der Waals surface area (Å²) >= 11 is 0. The molecule has 1 rings (SSSR count). The van der Waals surface area contributed by atoms with Gasteiger partial charge in [-0.15, -0.1) is 0 Å². The molecule has 0 heterocycles. The van der Waals surface area contributed by atoms with Gasteiger partial charge < -0.3 is 15.2 Å². The van der Waals surface area contributed by atoms with Crippen molar-refractivity contribution in [2.75, 3.05) is 13.7 Å². The lowest BCUT2D eigenvalue weighted by Crippen LogP contribution is -2.29. The van der Waals surface area contributed by atoms with E-state index in [1.807, 2.05) is 0 Å². The predicted octanol–water partition coefficient (Wildman–Crippen LogP) is 0.968. The van der Waals surface area contributed by atoms with E-state index >= 15 is 0 Å². The molecule has 5 nitrogen and oxygen atoms in total. The quantitative estimate of drug-likeness (QED) is 0.794. The Morgan fingerprint density at radius 2 is 2.17 bits per heavy atom. The van der Waals surface area contributed by atoms with Crippen LogP contribution in [0, 0.1) is 5.82 Å². The zero-order valence-corrected chi connectivity index (χ0v) is 9.90. The molecule has 0 saturated heterocycles. The van der Waals surface area contributed by atoms with E-state index < -0.39 is 24.2 Å². The number of methoxy groups -OCH3 is 1. The van der Waals surface area contributed by atoms with E-state index in [9.17, 15) is 14.0 Å². The van der Waals surface area contributed by atoms with Crippen LogP contribution in [0.1, 0.15) is 12.0 Å². The van der Waals surface area contributed by atoms with Gasteiger partial charge in [-0.05, 0) is 18.1 Å². The van der Waals surface area contributed by atoms with Gasteiger partial charge >= 0.3 is 5.97 Å². The lowest BCUT2D eigenvalue weighted by Gasteiger charge is -2.06. The molecule has 1 aromatic carbocycles. The Hall–Kier alpha value is -2.11. The maximum atomic E-state index is 13.5. The topological polar surface area (TPSA) is 75.6 Å². The molecule has 0 fully saturated rings. The van der Waals surface area contributed by atoms with Gasteiger partial charge in [-0.2, -0.15) is 0 Å². The number of hydrogen-bond acceptors (Lipinski definition) is 3. The molecule has 0 aliphatic carbocycles. The number of aliphatic carboxylic acids is 1. The number of carbonyl (C=O) groups is 2. The second kappa shape index (κ2) is 6.58. The third-order valence-corrected chi connectivity index (χ3v) is 2.32. The largest absolute Gasteiger partial charge is 0.497 e. The summed E-state index contributed by atoms with van der Waals surface area (Å²) in [4.78, 5) is 21.4. The van der Waals surface area contributed by atoms with Gasteiger partial charge in [-0.1, -0.05) is 6.07 Å². The molecule has 0 spiro atoms. The Labute approximate surface area is 104 Å². The monoisotopic (exact) mass is 255 g/mol. The molecule has 1 amide bonds. The standard InChI is InChI=1S/C12H14FNO4/c1-18-9-4-2-8(10(13)6-9)3-5-11(15)14-7-12(16)17/h2,4,6H,3,5,7H2,1H3,(H,14,15)(H,16,17). The third kappa shape index (κ3) is 4.40. The highest BCUT2D eigenvalue weighted by Gasteiger charge is 2.08. The van der Waals surface area contributed by atoms with Crippen molar-refractivity contribution in [2.24, 2.45) is 0 Å². The van der Waals surface area contributed by atoms with Crippen LogP contribution in [0.4, 0.5) is 4.39 Å². The molecule has 0 aliphatic heterocycles. The molecule has 0 aliphatic rings. The molecule has 2 N–H and O–H groups in total. The number of aryl methyl sites for hydroxylation is 1. The van der Waals surface area contributed by atoms with Crippen LogP contribution in [-0.4, -0.2) is 30.6 Å². The van der Waals surface area contributed by atoms with Gasteiger partial charge in [0.1, 0.15) is 18.1 Å². The van der Waals surface area contributed by atoms with Crippen molar-refractivity contribution in [1.82, 2.24) is 5.32 Å². The second-order valence-electron chi connectivity index (χ2n) is 3.63. The van der Waals surface area contributed by atoms with Gasteiger partial charge in [0.2, 0.25) is 5.91 Å². The van der Waals surface area contributed by atoms with Gasteiger partial charge in [0.05, 0.1) is 7.11 Å². The van der Waals surface area contributed by atoms with Crippen LogP contribution in [0.2, 0.25) is 0 Å². The molecule has 1 aromatic rings. The first-order valence-electron chi connectivity index (χ1n) is 5.34. The number of nitrogens with one attached hydrogen (secondary N) is 1. The number of halogens is 1. The molecule has 6 heteroatoms. The van der Waals surface area contributed by atoms with E-state index in [1.54, 1.807) is 12.1 Å². The summed E-state index contributed by atoms with van der Waals surface area (Å²) in [5.74, 6) is -1.57. The normalized spacial score (nSPS) is 9.89. The van der Waals surface area contributed by atoms with Crippen LogP contribution in [0.3, 0.4) is 0 Å². The first-order chi connectivity index (χ1) is 8.52. The number of carboxylic acids is 1. The fourth-order valence-corrected chi connectivity index (χ4v) is 1.37. The van der Waals surface area contributed by atoms with Gasteiger partial charge in [0.25, 0.3) is 0 Å². The zero-order valence-electron chi connectivity index (χ0n) is 9.90. The number of carbonyl (C=O) groups excluding carboxylic acids is 1. The van der Waals surface area contributed by atoms with Crippen LogP contribution in [0.25, 0.3) is 0 Å².